The SMILES string of the molecule is CCCNC(=O)CCNC(=O)c1cc(-c2ccc(OC)cc2)n(-c2ccccc2)n1. The number of hydrogen-bond donors (Lipinski definition) is 2. The number of nitrogens with one attached hydrogen (secondary N) is 2. The molecule has 7 heteroatoms. The van der Waals surface area contributed by atoms with Crippen molar-refractivity contribution in [3.8, 4) is 22.7 Å². The van der Waals surface area contributed by atoms with Crippen molar-refractivity contribution < 1.29 is 14.3 Å². The third kappa shape index (κ3) is 5.26. The minimum absolute atomic E-state index is 0.0779. The lowest BCUT2D eigenvalue weighted by molar-refractivity contribution is -0.120. The first-order valence-corrected chi connectivity index (χ1v) is 9.97. The standard InChI is InChI=1S/C23H26N4O3/c1-3-14-24-22(28)13-15-25-23(29)20-16-21(17-9-11-19(30-2)12-10-17)27(26-20)18-7-5-4-6-8-18/h4-12,16H,3,13-15H2,1-2H3,(H,24,28)(H,25,29). The van der Waals surface area contributed by atoms with Gasteiger partial charge >= 0.3 is 0 Å². The Bertz CT molecular complexity index is 981. The summed E-state index contributed by atoms with van der Waals surface area (Å²) in [7, 11) is 1.62. The molecule has 0 atom stereocenters. The highest BCUT2D eigenvalue weighted by Crippen LogP contribution is 2.26. The van der Waals surface area contributed by atoms with Crippen molar-refractivity contribution in [1.82, 2.24) is 20.4 Å². The fraction of sp³-hybridized carbons (Fsp3) is 0.261. The van der Waals surface area contributed by atoms with E-state index >= 15 is 0 Å². The van der Waals surface area contributed by atoms with Crippen molar-refractivity contribution in [2.45, 2.75) is 19.8 Å². The quantitative estimate of drug-likeness (QED) is 0.572. The number of ether oxygens (including phenoxy) is 1. The maximum Gasteiger partial charge on any atom is 0.271 e. The molecule has 0 spiro atoms. The molecule has 3 aromatic rings. The Morgan fingerprint density at radius 1 is 1.00 bits per heavy atom. The third-order valence-corrected chi connectivity index (χ3v) is 4.54. The number of para-hydroxylation sites is 1. The minimum atomic E-state index is -0.317. The molecule has 0 aliphatic rings. The van der Waals surface area contributed by atoms with E-state index in [2.05, 4.69) is 15.7 Å². The number of carbonyl (C=O) groups is 2. The predicted octanol–water partition coefficient (Wildman–Crippen LogP) is 3.19. The molecule has 2 N–H and O–H groups in total. The number of methoxy groups -OCH3 is 1. The fourth-order valence-corrected chi connectivity index (χ4v) is 2.96. The van der Waals surface area contributed by atoms with Crippen LogP contribution in [0.3, 0.4) is 0 Å². The summed E-state index contributed by atoms with van der Waals surface area (Å²) in [6.45, 7) is 2.88. The third-order valence-electron chi connectivity index (χ3n) is 4.54. The Kier molecular flexibility index (Phi) is 7.21. The van der Waals surface area contributed by atoms with Gasteiger partial charge in [-0.15, -0.1) is 0 Å². The molecule has 0 saturated heterocycles. The van der Waals surface area contributed by atoms with E-state index in [1.165, 1.54) is 0 Å². The molecule has 0 saturated carbocycles. The number of carbonyl (C=O) groups excluding carboxylic acids is 2. The van der Waals surface area contributed by atoms with Crippen molar-refractivity contribution in [2.24, 2.45) is 0 Å². The minimum Gasteiger partial charge on any atom is -0.497 e. The van der Waals surface area contributed by atoms with E-state index in [1.807, 2.05) is 61.5 Å². The lowest BCUT2D eigenvalue weighted by Crippen LogP contribution is -2.31. The van der Waals surface area contributed by atoms with Crippen molar-refractivity contribution in [2.75, 3.05) is 20.2 Å². The van der Waals surface area contributed by atoms with E-state index in [4.69, 9.17) is 4.74 Å². The number of nitrogens with zero attached hydrogens (tertiary/aromatic N) is 2. The van der Waals surface area contributed by atoms with Crippen LogP contribution in [0.2, 0.25) is 0 Å². The van der Waals surface area contributed by atoms with Gasteiger partial charge in [-0.05, 0) is 48.9 Å². The molecule has 30 heavy (non-hydrogen) atoms. The molecular weight excluding hydrogens is 380 g/mol. The number of hydrogen-bond acceptors (Lipinski definition) is 4. The van der Waals surface area contributed by atoms with Gasteiger partial charge in [0.05, 0.1) is 18.5 Å². The van der Waals surface area contributed by atoms with Gasteiger partial charge < -0.3 is 15.4 Å². The summed E-state index contributed by atoms with van der Waals surface area (Å²) in [5, 5.41) is 10.1. The van der Waals surface area contributed by atoms with Gasteiger partial charge in [0.15, 0.2) is 5.69 Å². The van der Waals surface area contributed by atoms with Crippen molar-refractivity contribution >= 4 is 11.8 Å². The summed E-state index contributed by atoms with van der Waals surface area (Å²) in [5.74, 6) is 0.359. The number of benzene rings is 2. The van der Waals surface area contributed by atoms with Crippen LogP contribution in [0.1, 0.15) is 30.3 Å². The molecule has 1 heterocycles. The van der Waals surface area contributed by atoms with Crippen LogP contribution in [-0.4, -0.2) is 41.8 Å². The maximum atomic E-state index is 12.6. The van der Waals surface area contributed by atoms with Crippen molar-refractivity contribution in [3.05, 3.63) is 66.4 Å². The number of aromatic nitrogens is 2. The first-order valence-electron chi connectivity index (χ1n) is 9.97. The summed E-state index contributed by atoms with van der Waals surface area (Å²) >= 11 is 0. The first kappa shape index (κ1) is 21.1. The van der Waals surface area contributed by atoms with E-state index in [9.17, 15) is 9.59 Å². The van der Waals surface area contributed by atoms with Gasteiger partial charge in [0.25, 0.3) is 5.91 Å². The zero-order valence-electron chi connectivity index (χ0n) is 17.2. The van der Waals surface area contributed by atoms with Gasteiger partial charge in [-0.3, -0.25) is 9.59 Å². The normalized spacial score (nSPS) is 10.5. The molecule has 1 aromatic heterocycles. The van der Waals surface area contributed by atoms with Crippen LogP contribution < -0.4 is 15.4 Å². The summed E-state index contributed by atoms with van der Waals surface area (Å²) in [4.78, 5) is 24.3. The first-order chi connectivity index (χ1) is 14.6. The van der Waals surface area contributed by atoms with Crippen LogP contribution in [0.4, 0.5) is 0 Å². The molecule has 0 radical (unpaired) electrons. The van der Waals surface area contributed by atoms with E-state index in [0.29, 0.717) is 12.2 Å². The monoisotopic (exact) mass is 406 g/mol. The van der Waals surface area contributed by atoms with Gasteiger partial charge in [0.1, 0.15) is 5.75 Å². The van der Waals surface area contributed by atoms with Crippen LogP contribution in [0.5, 0.6) is 5.75 Å². The molecular formula is C23H26N4O3. The van der Waals surface area contributed by atoms with Crippen molar-refractivity contribution in [3.63, 3.8) is 0 Å². The van der Waals surface area contributed by atoms with Crippen LogP contribution in [0.15, 0.2) is 60.7 Å². The van der Waals surface area contributed by atoms with Gasteiger partial charge in [0, 0.05) is 25.1 Å². The molecule has 0 fully saturated rings. The predicted molar refractivity (Wildman–Crippen MR) is 116 cm³/mol. The number of amides is 2. The molecule has 0 unspecified atom stereocenters. The lowest BCUT2D eigenvalue weighted by Gasteiger charge is -2.08. The van der Waals surface area contributed by atoms with Gasteiger partial charge in [-0.2, -0.15) is 5.10 Å². The summed E-state index contributed by atoms with van der Waals surface area (Å²) in [5.41, 5.74) is 2.83. The van der Waals surface area contributed by atoms with Gasteiger partial charge in [0.2, 0.25) is 5.91 Å². The largest absolute Gasteiger partial charge is 0.497 e. The highest BCUT2D eigenvalue weighted by Gasteiger charge is 2.17. The molecule has 3 rings (SSSR count). The second kappa shape index (κ2) is 10.2. The fourth-order valence-electron chi connectivity index (χ4n) is 2.96. The summed E-state index contributed by atoms with van der Waals surface area (Å²) < 4.78 is 6.97. The second-order valence-electron chi connectivity index (χ2n) is 6.75. The molecule has 2 amide bonds. The average molecular weight is 406 g/mol. The van der Waals surface area contributed by atoms with E-state index in [-0.39, 0.29) is 24.8 Å². The van der Waals surface area contributed by atoms with Crippen molar-refractivity contribution in [1.29, 1.82) is 0 Å². The Morgan fingerprint density at radius 3 is 2.40 bits per heavy atom. The maximum absolute atomic E-state index is 12.6. The topological polar surface area (TPSA) is 85.3 Å². The van der Waals surface area contributed by atoms with E-state index in [1.54, 1.807) is 17.9 Å². The molecule has 0 aliphatic carbocycles. The average Bonchev–Trinajstić information content (AvgIpc) is 3.24. The Hall–Kier alpha value is -3.61. The zero-order chi connectivity index (χ0) is 21.3. The lowest BCUT2D eigenvalue weighted by atomic mass is 10.1. The number of rotatable bonds is 9. The molecule has 0 bridgehead atoms. The van der Waals surface area contributed by atoms with Crippen LogP contribution in [0, 0.1) is 0 Å². The van der Waals surface area contributed by atoms with E-state index in [0.717, 1.165) is 29.1 Å². The Morgan fingerprint density at radius 2 is 1.73 bits per heavy atom. The highest BCUT2D eigenvalue weighted by molar-refractivity contribution is 5.94. The van der Waals surface area contributed by atoms with Crippen LogP contribution in [0.25, 0.3) is 16.9 Å². The molecule has 2 aromatic carbocycles. The smallest absolute Gasteiger partial charge is 0.271 e. The van der Waals surface area contributed by atoms with Crippen LogP contribution in [-0.2, 0) is 4.79 Å². The second-order valence-corrected chi connectivity index (χ2v) is 6.75. The molecule has 156 valence electrons. The molecule has 7 nitrogen and oxygen atoms in total. The molecule has 0 aliphatic heterocycles. The summed E-state index contributed by atoms with van der Waals surface area (Å²) in [6, 6.07) is 19.0. The summed E-state index contributed by atoms with van der Waals surface area (Å²) in [6.07, 6.45) is 1.11. The van der Waals surface area contributed by atoms with Crippen LogP contribution >= 0.6 is 0 Å². The van der Waals surface area contributed by atoms with Gasteiger partial charge in [-0.25, -0.2) is 4.68 Å². The highest BCUT2D eigenvalue weighted by atomic mass is 16.5. The Balaban J connectivity index is 1.81. The zero-order valence-corrected chi connectivity index (χ0v) is 17.2. The Labute approximate surface area is 176 Å². The van der Waals surface area contributed by atoms with Gasteiger partial charge in [-0.1, -0.05) is 25.1 Å². The van der Waals surface area contributed by atoms with E-state index < -0.39 is 0 Å².